The van der Waals surface area contributed by atoms with Crippen molar-refractivity contribution in [2.45, 2.75) is 12.3 Å². The van der Waals surface area contributed by atoms with Crippen molar-refractivity contribution >= 4 is 42.9 Å². The number of hydrogen-bond donors (Lipinski definition) is 2. The molecular formula is C16H18BrFN6O3S. The molecule has 0 spiro atoms. The van der Waals surface area contributed by atoms with Crippen LogP contribution in [0.25, 0.3) is 11.2 Å². The molecule has 0 radical (unpaired) electrons. The van der Waals surface area contributed by atoms with Crippen molar-refractivity contribution in [3.8, 4) is 0 Å². The highest BCUT2D eigenvalue weighted by Crippen LogP contribution is 2.24. The zero-order valence-electron chi connectivity index (χ0n) is 14.9. The number of likely N-dealkylation sites (N-methyl/N-ethyl adjacent to an activating group) is 1. The van der Waals surface area contributed by atoms with Gasteiger partial charge >= 0.3 is 6.08 Å². The molecule has 9 nitrogen and oxygen atoms in total. The molecule has 0 atom stereocenters. The second-order valence-electron chi connectivity index (χ2n) is 6.14. The molecule has 3 N–H and O–H groups in total. The summed E-state index contributed by atoms with van der Waals surface area (Å²) < 4.78 is 41.4. The summed E-state index contributed by atoms with van der Waals surface area (Å²) in [5, 5.41) is 8.94. The molecule has 0 unspecified atom stereocenters. The normalized spacial score (nSPS) is 12.2. The monoisotopic (exact) mass is 472 g/mol. The summed E-state index contributed by atoms with van der Waals surface area (Å²) in [6.07, 6.45) is -0.953. The van der Waals surface area contributed by atoms with Crippen LogP contribution in [-0.2, 0) is 22.3 Å². The molecular weight excluding hydrogens is 455 g/mol. The number of rotatable bonds is 7. The highest BCUT2D eigenvalue weighted by Gasteiger charge is 2.19. The topological polar surface area (TPSA) is 127 Å². The predicted molar refractivity (Wildman–Crippen MR) is 105 cm³/mol. The zero-order valence-corrected chi connectivity index (χ0v) is 17.3. The van der Waals surface area contributed by atoms with Crippen LogP contribution in [0.5, 0.6) is 0 Å². The van der Waals surface area contributed by atoms with Gasteiger partial charge in [-0.3, -0.25) is 4.57 Å². The van der Waals surface area contributed by atoms with Crippen molar-refractivity contribution in [2.24, 2.45) is 0 Å². The van der Waals surface area contributed by atoms with Gasteiger partial charge in [-0.05, 0) is 27.1 Å². The van der Waals surface area contributed by atoms with E-state index in [9.17, 15) is 12.8 Å². The number of aliphatic hydroxyl groups excluding tert-OH is 1. The first-order valence-electron chi connectivity index (χ1n) is 8.18. The van der Waals surface area contributed by atoms with Gasteiger partial charge in [-0.1, -0.05) is 24.3 Å². The van der Waals surface area contributed by atoms with Crippen molar-refractivity contribution < 1.29 is 17.9 Å². The van der Waals surface area contributed by atoms with Crippen LogP contribution in [0, 0.1) is 6.08 Å². The van der Waals surface area contributed by atoms with Crippen molar-refractivity contribution in [2.75, 3.05) is 25.9 Å². The summed E-state index contributed by atoms with van der Waals surface area (Å²) in [6.45, 7) is 0.0507. The molecule has 2 heterocycles. The smallest absolute Gasteiger partial charge is 0.312 e. The number of nitrogen functional groups attached to an aromatic ring is 1. The van der Waals surface area contributed by atoms with Crippen LogP contribution in [0.4, 0.5) is 10.2 Å². The molecule has 0 saturated carbocycles. The van der Waals surface area contributed by atoms with Gasteiger partial charge in [0.2, 0.25) is 10.0 Å². The summed E-state index contributed by atoms with van der Waals surface area (Å²) in [6, 6.07) is 6.99. The average Bonchev–Trinajstić information content (AvgIpc) is 2.91. The minimum Gasteiger partial charge on any atom is -0.395 e. The van der Waals surface area contributed by atoms with E-state index in [1.165, 1.54) is 7.05 Å². The second kappa shape index (κ2) is 8.07. The Morgan fingerprint density at radius 2 is 2.00 bits per heavy atom. The Labute approximate surface area is 169 Å². The minimum absolute atomic E-state index is 0.0304. The van der Waals surface area contributed by atoms with E-state index in [0.29, 0.717) is 10.3 Å². The lowest BCUT2D eigenvalue weighted by molar-refractivity contribution is 0.266. The van der Waals surface area contributed by atoms with Gasteiger partial charge in [0.15, 0.2) is 21.7 Å². The standard InChI is InChI=1S/C16H18BrFN6O3S/c1-23(5-6-25)28(26,27)9-11-4-2-3-10(7-11)8-24-14-12(20-15(24)17)13(19)21-16(18)22-14/h2-4,7,25H,5-6,8-9H2,1H3,(H2,19,21,22). The number of imidazole rings is 1. The predicted octanol–water partition coefficient (Wildman–Crippen LogP) is 1.11. The first kappa shape index (κ1) is 20.6. The SMILES string of the molecule is CN(CCO)S(=O)(=O)Cc1cccc(Cn2c(Br)nc3c(N)nc(F)nc32)c1. The van der Waals surface area contributed by atoms with Crippen LogP contribution in [0.1, 0.15) is 11.1 Å². The molecule has 0 saturated heterocycles. The first-order valence-corrected chi connectivity index (χ1v) is 10.6. The Hall–Kier alpha value is -2.15. The van der Waals surface area contributed by atoms with Gasteiger partial charge < -0.3 is 10.8 Å². The number of aliphatic hydroxyl groups is 1. The molecule has 28 heavy (non-hydrogen) atoms. The van der Waals surface area contributed by atoms with Gasteiger partial charge in [-0.15, -0.1) is 0 Å². The van der Waals surface area contributed by atoms with Crippen LogP contribution in [0.3, 0.4) is 0 Å². The molecule has 0 aliphatic heterocycles. The fraction of sp³-hybridized carbons (Fsp3) is 0.312. The third-order valence-electron chi connectivity index (χ3n) is 4.12. The Morgan fingerprint density at radius 3 is 2.71 bits per heavy atom. The fourth-order valence-corrected chi connectivity index (χ4v) is 4.36. The van der Waals surface area contributed by atoms with Crippen LogP contribution < -0.4 is 5.73 Å². The lowest BCUT2D eigenvalue weighted by Gasteiger charge is -2.16. The maximum Gasteiger partial charge on any atom is 0.312 e. The van der Waals surface area contributed by atoms with Crippen LogP contribution in [-0.4, -0.2) is 57.5 Å². The number of halogens is 2. The Morgan fingerprint density at radius 1 is 1.29 bits per heavy atom. The summed E-state index contributed by atoms with van der Waals surface area (Å²) in [5.41, 5.74) is 7.57. The molecule has 0 bridgehead atoms. The van der Waals surface area contributed by atoms with E-state index in [1.807, 2.05) is 6.07 Å². The van der Waals surface area contributed by atoms with Gasteiger partial charge in [0, 0.05) is 13.6 Å². The van der Waals surface area contributed by atoms with E-state index in [0.717, 1.165) is 9.87 Å². The van der Waals surface area contributed by atoms with Crippen molar-refractivity contribution in [1.82, 2.24) is 23.8 Å². The first-order chi connectivity index (χ1) is 13.2. The number of sulfonamides is 1. The number of nitrogens with zero attached hydrogens (tertiary/aromatic N) is 5. The van der Waals surface area contributed by atoms with E-state index in [-0.39, 0.29) is 42.4 Å². The molecule has 12 heteroatoms. The molecule has 3 aromatic rings. The number of benzene rings is 1. The minimum atomic E-state index is -3.55. The number of anilines is 1. The largest absolute Gasteiger partial charge is 0.395 e. The molecule has 0 aliphatic rings. The van der Waals surface area contributed by atoms with Gasteiger partial charge in [0.05, 0.1) is 18.9 Å². The van der Waals surface area contributed by atoms with E-state index < -0.39 is 16.1 Å². The Balaban J connectivity index is 1.90. The zero-order chi connectivity index (χ0) is 20.5. The van der Waals surface area contributed by atoms with Gasteiger partial charge in [-0.25, -0.2) is 17.7 Å². The van der Waals surface area contributed by atoms with E-state index >= 15 is 0 Å². The number of hydrogen-bond acceptors (Lipinski definition) is 7. The third kappa shape index (κ3) is 4.29. The number of fused-ring (bicyclic) bond motifs is 1. The quantitative estimate of drug-likeness (QED) is 0.389. The molecule has 1 aromatic carbocycles. The van der Waals surface area contributed by atoms with Crippen LogP contribution >= 0.6 is 15.9 Å². The fourth-order valence-electron chi connectivity index (χ4n) is 2.71. The van der Waals surface area contributed by atoms with E-state index in [4.69, 9.17) is 10.8 Å². The average molecular weight is 473 g/mol. The molecule has 0 amide bonds. The highest BCUT2D eigenvalue weighted by atomic mass is 79.9. The van der Waals surface area contributed by atoms with Crippen LogP contribution in [0.2, 0.25) is 0 Å². The van der Waals surface area contributed by atoms with Crippen molar-refractivity contribution in [1.29, 1.82) is 0 Å². The second-order valence-corrected chi connectivity index (χ2v) is 8.92. The summed E-state index contributed by atoms with van der Waals surface area (Å²) in [7, 11) is -2.13. The molecule has 0 aliphatic carbocycles. The molecule has 0 fully saturated rings. The maximum absolute atomic E-state index is 13.6. The lowest BCUT2D eigenvalue weighted by atomic mass is 10.1. The number of nitrogens with two attached hydrogens (primary N) is 1. The summed E-state index contributed by atoms with van der Waals surface area (Å²) in [4.78, 5) is 11.4. The highest BCUT2D eigenvalue weighted by molar-refractivity contribution is 9.10. The van der Waals surface area contributed by atoms with Gasteiger partial charge in [0.1, 0.15) is 0 Å². The van der Waals surface area contributed by atoms with Crippen molar-refractivity contribution in [3.05, 3.63) is 46.2 Å². The lowest BCUT2D eigenvalue weighted by Crippen LogP contribution is -2.30. The van der Waals surface area contributed by atoms with Gasteiger partial charge in [0.25, 0.3) is 0 Å². The maximum atomic E-state index is 13.6. The van der Waals surface area contributed by atoms with E-state index in [2.05, 4.69) is 30.9 Å². The number of aromatic nitrogens is 4. The third-order valence-corrected chi connectivity index (χ3v) is 6.55. The summed E-state index contributed by atoms with van der Waals surface area (Å²) in [5.74, 6) is -0.263. The molecule has 2 aromatic heterocycles. The van der Waals surface area contributed by atoms with Crippen molar-refractivity contribution in [3.63, 3.8) is 0 Å². The van der Waals surface area contributed by atoms with Crippen LogP contribution in [0.15, 0.2) is 29.0 Å². The Bertz CT molecular complexity index is 1120. The summed E-state index contributed by atoms with van der Waals surface area (Å²) >= 11 is 3.31. The Kier molecular flexibility index (Phi) is 5.93. The van der Waals surface area contributed by atoms with Gasteiger partial charge in [-0.2, -0.15) is 14.4 Å². The van der Waals surface area contributed by atoms with E-state index in [1.54, 1.807) is 22.8 Å². The molecule has 3 rings (SSSR count). The molecule has 150 valence electrons.